The summed E-state index contributed by atoms with van der Waals surface area (Å²) < 4.78 is 13.3. The van der Waals surface area contributed by atoms with Gasteiger partial charge >= 0.3 is 0 Å². The lowest BCUT2D eigenvalue weighted by Crippen LogP contribution is -2.50. The van der Waals surface area contributed by atoms with Crippen molar-refractivity contribution in [1.82, 2.24) is 9.80 Å². The number of benzene rings is 1. The molecule has 2 amide bonds. The minimum Gasteiger partial charge on any atom is -0.339 e. The van der Waals surface area contributed by atoms with Gasteiger partial charge in [-0.15, -0.1) is 0 Å². The predicted octanol–water partition coefficient (Wildman–Crippen LogP) is 3.08. The molecule has 0 unspecified atom stereocenters. The van der Waals surface area contributed by atoms with E-state index in [0.717, 1.165) is 12.3 Å². The van der Waals surface area contributed by atoms with Crippen LogP contribution >= 0.6 is 0 Å². The van der Waals surface area contributed by atoms with E-state index in [9.17, 15) is 14.0 Å². The van der Waals surface area contributed by atoms with Crippen molar-refractivity contribution in [3.8, 4) is 0 Å². The van der Waals surface area contributed by atoms with Crippen molar-refractivity contribution in [3.05, 3.63) is 35.6 Å². The molecule has 1 aliphatic heterocycles. The smallest absolute Gasteiger partial charge is 0.254 e. The van der Waals surface area contributed by atoms with Crippen LogP contribution in [0.4, 0.5) is 4.39 Å². The number of rotatable bonds is 4. The highest BCUT2D eigenvalue weighted by molar-refractivity contribution is 5.94. The lowest BCUT2D eigenvalue weighted by Gasteiger charge is -2.35. The Kier molecular flexibility index (Phi) is 5.48. The molecule has 4 nitrogen and oxygen atoms in total. The van der Waals surface area contributed by atoms with Crippen LogP contribution < -0.4 is 0 Å². The fourth-order valence-electron chi connectivity index (χ4n) is 3.75. The van der Waals surface area contributed by atoms with Crippen LogP contribution in [0.25, 0.3) is 0 Å². The Balaban J connectivity index is 1.46. The number of hydrogen-bond acceptors (Lipinski definition) is 2. The minimum absolute atomic E-state index is 0.160. The molecule has 0 N–H and O–H groups in total. The summed E-state index contributed by atoms with van der Waals surface area (Å²) in [6.45, 7) is 2.18. The molecule has 24 heavy (non-hydrogen) atoms. The maximum absolute atomic E-state index is 13.3. The van der Waals surface area contributed by atoms with Crippen molar-refractivity contribution in [1.29, 1.82) is 0 Å². The summed E-state index contributed by atoms with van der Waals surface area (Å²) in [6.07, 6.45) is 6.77. The Morgan fingerprint density at radius 2 is 1.71 bits per heavy atom. The second kappa shape index (κ2) is 7.77. The molecule has 0 radical (unpaired) electrons. The first-order valence-corrected chi connectivity index (χ1v) is 8.96. The summed E-state index contributed by atoms with van der Waals surface area (Å²) >= 11 is 0. The first-order chi connectivity index (χ1) is 11.6. The van der Waals surface area contributed by atoms with E-state index in [1.807, 2.05) is 4.90 Å². The molecule has 130 valence electrons. The molecule has 1 aliphatic carbocycles. The van der Waals surface area contributed by atoms with Crippen molar-refractivity contribution < 1.29 is 14.0 Å². The Morgan fingerprint density at radius 3 is 2.38 bits per heavy atom. The number of halogens is 1. The maximum atomic E-state index is 13.3. The molecule has 1 saturated heterocycles. The number of piperazine rings is 1. The number of hydrogen-bond donors (Lipinski definition) is 0. The Morgan fingerprint density at radius 1 is 1.04 bits per heavy atom. The van der Waals surface area contributed by atoms with E-state index >= 15 is 0 Å². The van der Waals surface area contributed by atoms with Gasteiger partial charge in [0.15, 0.2) is 0 Å². The van der Waals surface area contributed by atoms with Crippen molar-refractivity contribution in [2.24, 2.45) is 5.92 Å². The largest absolute Gasteiger partial charge is 0.339 e. The number of carbonyl (C=O) groups excluding carboxylic acids is 2. The van der Waals surface area contributed by atoms with Crippen LogP contribution in [0.1, 0.15) is 48.9 Å². The number of nitrogens with zero attached hydrogens (tertiary/aromatic N) is 2. The van der Waals surface area contributed by atoms with Crippen molar-refractivity contribution in [2.45, 2.75) is 38.5 Å². The number of amides is 2. The van der Waals surface area contributed by atoms with Gasteiger partial charge < -0.3 is 9.80 Å². The summed E-state index contributed by atoms with van der Waals surface area (Å²) in [5.74, 6) is 0.374. The standard InChI is InChI=1S/C19H25FN2O2/c20-17-7-3-6-16(14-17)19(24)22-12-10-21(11-13-22)18(23)9-8-15-4-1-2-5-15/h3,6-7,14-15H,1-2,4-5,8-13H2. The Hall–Kier alpha value is -1.91. The molecule has 2 fully saturated rings. The molecular weight excluding hydrogens is 307 g/mol. The number of carbonyl (C=O) groups is 2. The predicted molar refractivity (Wildman–Crippen MR) is 90.1 cm³/mol. The third-order valence-electron chi connectivity index (χ3n) is 5.23. The summed E-state index contributed by atoms with van der Waals surface area (Å²) in [4.78, 5) is 28.3. The second-order valence-electron chi connectivity index (χ2n) is 6.87. The van der Waals surface area contributed by atoms with E-state index in [4.69, 9.17) is 0 Å². The normalized spacial score (nSPS) is 18.9. The molecular formula is C19H25FN2O2. The topological polar surface area (TPSA) is 40.6 Å². The van der Waals surface area contributed by atoms with Gasteiger partial charge in [0.25, 0.3) is 5.91 Å². The highest BCUT2D eigenvalue weighted by Crippen LogP contribution is 2.28. The minimum atomic E-state index is -0.401. The van der Waals surface area contributed by atoms with Crippen molar-refractivity contribution >= 4 is 11.8 Å². The third kappa shape index (κ3) is 4.13. The molecule has 5 heteroatoms. The molecule has 0 atom stereocenters. The second-order valence-corrected chi connectivity index (χ2v) is 6.87. The quantitative estimate of drug-likeness (QED) is 0.850. The van der Waals surface area contributed by atoms with Gasteiger partial charge in [-0.25, -0.2) is 4.39 Å². The van der Waals surface area contributed by atoms with E-state index in [1.165, 1.54) is 37.8 Å². The summed E-state index contributed by atoms with van der Waals surface area (Å²) in [5.41, 5.74) is 0.371. The zero-order chi connectivity index (χ0) is 16.9. The first-order valence-electron chi connectivity index (χ1n) is 8.96. The van der Waals surface area contributed by atoms with Gasteiger partial charge in [-0.2, -0.15) is 0 Å². The van der Waals surface area contributed by atoms with E-state index in [-0.39, 0.29) is 11.8 Å². The van der Waals surface area contributed by atoms with Crippen LogP contribution in [-0.4, -0.2) is 47.8 Å². The molecule has 0 bridgehead atoms. The van der Waals surface area contributed by atoms with Crippen LogP contribution in [0.3, 0.4) is 0 Å². The van der Waals surface area contributed by atoms with Gasteiger partial charge in [0.1, 0.15) is 5.82 Å². The summed E-state index contributed by atoms with van der Waals surface area (Å²) in [5, 5.41) is 0. The summed E-state index contributed by atoms with van der Waals surface area (Å²) in [7, 11) is 0. The Bertz CT molecular complexity index is 591. The van der Waals surface area contributed by atoms with Gasteiger partial charge in [-0.3, -0.25) is 9.59 Å². The molecule has 3 rings (SSSR count). The lowest BCUT2D eigenvalue weighted by molar-refractivity contribution is -0.133. The van der Waals surface area contributed by atoms with Gasteiger partial charge in [0.05, 0.1) is 0 Å². The van der Waals surface area contributed by atoms with E-state index < -0.39 is 5.82 Å². The molecule has 1 heterocycles. The van der Waals surface area contributed by atoms with Crippen molar-refractivity contribution in [2.75, 3.05) is 26.2 Å². The molecule has 1 aromatic rings. The van der Waals surface area contributed by atoms with E-state index in [1.54, 1.807) is 17.0 Å². The Labute approximate surface area is 142 Å². The van der Waals surface area contributed by atoms with Crippen molar-refractivity contribution in [3.63, 3.8) is 0 Å². The van der Waals surface area contributed by atoms with Crippen LogP contribution in [0.5, 0.6) is 0 Å². The fourth-order valence-corrected chi connectivity index (χ4v) is 3.75. The summed E-state index contributed by atoms with van der Waals surface area (Å²) in [6, 6.07) is 5.77. The van der Waals surface area contributed by atoms with E-state index in [2.05, 4.69) is 0 Å². The van der Waals surface area contributed by atoms with Crippen LogP contribution in [0, 0.1) is 11.7 Å². The monoisotopic (exact) mass is 332 g/mol. The lowest BCUT2D eigenvalue weighted by atomic mass is 10.0. The molecule has 1 saturated carbocycles. The van der Waals surface area contributed by atoms with Crippen LogP contribution in [0.2, 0.25) is 0 Å². The highest BCUT2D eigenvalue weighted by atomic mass is 19.1. The molecule has 1 aromatic carbocycles. The average molecular weight is 332 g/mol. The average Bonchev–Trinajstić information content (AvgIpc) is 3.13. The SMILES string of the molecule is O=C(CCC1CCCC1)N1CCN(C(=O)c2cccc(F)c2)CC1. The van der Waals surface area contributed by atoms with Crippen LogP contribution in [0.15, 0.2) is 24.3 Å². The molecule has 0 aromatic heterocycles. The van der Waals surface area contributed by atoms with Gasteiger partial charge in [-0.1, -0.05) is 31.7 Å². The molecule has 2 aliphatic rings. The first kappa shape index (κ1) is 16.9. The highest BCUT2D eigenvalue weighted by Gasteiger charge is 2.25. The molecule has 0 spiro atoms. The van der Waals surface area contributed by atoms with E-state index in [0.29, 0.717) is 38.2 Å². The fraction of sp³-hybridized carbons (Fsp3) is 0.579. The van der Waals surface area contributed by atoms with Gasteiger partial charge in [0.2, 0.25) is 5.91 Å². The third-order valence-corrected chi connectivity index (χ3v) is 5.23. The van der Waals surface area contributed by atoms with Gasteiger partial charge in [-0.05, 0) is 30.5 Å². The van der Waals surface area contributed by atoms with Crippen LogP contribution in [-0.2, 0) is 4.79 Å². The zero-order valence-electron chi connectivity index (χ0n) is 14.0. The zero-order valence-corrected chi connectivity index (χ0v) is 14.0. The maximum Gasteiger partial charge on any atom is 0.254 e. The van der Waals surface area contributed by atoms with Gasteiger partial charge in [0, 0.05) is 38.2 Å².